The first kappa shape index (κ1) is 15.9. The number of ether oxygens (including phenoxy) is 2. The van der Waals surface area contributed by atoms with E-state index in [2.05, 4.69) is 24.3 Å². The predicted molar refractivity (Wildman–Crippen MR) is 99.0 cm³/mol. The zero-order valence-corrected chi connectivity index (χ0v) is 14.2. The van der Waals surface area contributed by atoms with Gasteiger partial charge in [0.05, 0.1) is 0 Å². The van der Waals surface area contributed by atoms with Gasteiger partial charge in [-0.15, -0.1) is 0 Å². The minimum Gasteiger partial charge on any atom is -0.478 e. The zero-order chi connectivity index (χ0) is 16.9. The number of rotatable bonds is 6. The lowest BCUT2D eigenvalue weighted by Gasteiger charge is -2.03. The number of hydrogen-bond acceptors (Lipinski definition) is 4. The van der Waals surface area contributed by atoms with E-state index in [0.29, 0.717) is 13.2 Å². The lowest BCUT2D eigenvalue weighted by atomic mass is 10.1. The molecule has 2 unspecified atom stereocenters. The van der Waals surface area contributed by atoms with Crippen molar-refractivity contribution < 1.29 is 9.47 Å². The van der Waals surface area contributed by atoms with Crippen LogP contribution < -0.4 is 0 Å². The topological polar surface area (TPSA) is 43.2 Å². The van der Waals surface area contributed by atoms with Gasteiger partial charge in [0.2, 0.25) is 0 Å². The Labute approximate surface area is 148 Å². The third-order valence-electron chi connectivity index (χ3n) is 4.57. The van der Waals surface area contributed by atoms with Crippen molar-refractivity contribution in [3.8, 4) is 0 Å². The van der Waals surface area contributed by atoms with Crippen LogP contribution in [0.1, 0.15) is 42.5 Å². The molecule has 25 heavy (non-hydrogen) atoms. The number of hydrogen-bond donors (Lipinski definition) is 0. The van der Waals surface area contributed by atoms with E-state index in [-0.39, 0.29) is 12.1 Å². The Balaban J connectivity index is 1.27. The summed E-state index contributed by atoms with van der Waals surface area (Å²) < 4.78 is 11.5. The summed E-state index contributed by atoms with van der Waals surface area (Å²) in [6, 6.07) is 20.9. The lowest BCUT2D eigenvalue weighted by molar-refractivity contribution is 0.305. The maximum Gasteiger partial charge on any atom is 0.184 e. The molecule has 0 N–H and O–H groups in total. The molecular formula is C21H22N2O2. The van der Waals surface area contributed by atoms with Crippen molar-refractivity contribution >= 4 is 11.8 Å². The molecule has 4 heteroatoms. The summed E-state index contributed by atoms with van der Waals surface area (Å²) in [4.78, 5) is 9.40. The highest BCUT2D eigenvalue weighted by Crippen LogP contribution is 2.26. The number of aliphatic imine (C=N–C) groups is 2. The Morgan fingerprint density at radius 2 is 1.12 bits per heavy atom. The van der Waals surface area contributed by atoms with Crippen LogP contribution in [0.5, 0.6) is 0 Å². The van der Waals surface area contributed by atoms with Gasteiger partial charge < -0.3 is 9.47 Å². The zero-order valence-electron chi connectivity index (χ0n) is 14.2. The highest BCUT2D eigenvalue weighted by Gasteiger charge is 2.22. The molecule has 0 saturated heterocycles. The van der Waals surface area contributed by atoms with Crippen LogP contribution in [0, 0.1) is 0 Å². The minimum atomic E-state index is 0.138. The fourth-order valence-corrected chi connectivity index (χ4v) is 3.20. The molecule has 0 amide bonds. The number of benzene rings is 2. The van der Waals surface area contributed by atoms with Crippen molar-refractivity contribution in [1.29, 1.82) is 0 Å². The quantitative estimate of drug-likeness (QED) is 0.781. The van der Waals surface area contributed by atoms with E-state index in [1.165, 1.54) is 11.1 Å². The summed E-state index contributed by atoms with van der Waals surface area (Å²) in [6.45, 7) is 1.29. The van der Waals surface area contributed by atoms with Gasteiger partial charge in [0, 0.05) is 12.8 Å². The van der Waals surface area contributed by atoms with Crippen LogP contribution in [0.15, 0.2) is 70.6 Å². The van der Waals surface area contributed by atoms with Crippen LogP contribution >= 0.6 is 0 Å². The Morgan fingerprint density at radius 1 is 0.680 bits per heavy atom. The molecule has 128 valence electrons. The first-order valence-corrected chi connectivity index (χ1v) is 8.87. The van der Waals surface area contributed by atoms with Gasteiger partial charge in [-0.25, -0.2) is 9.98 Å². The van der Waals surface area contributed by atoms with E-state index in [1.807, 2.05) is 36.4 Å². The van der Waals surface area contributed by atoms with E-state index < -0.39 is 0 Å². The minimum absolute atomic E-state index is 0.138. The molecule has 0 aliphatic carbocycles. The largest absolute Gasteiger partial charge is 0.478 e. The fourth-order valence-electron chi connectivity index (χ4n) is 3.20. The Hall–Kier alpha value is -2.62. The normalized spacial score (nSPS) is 22.1. The van der Waals surface area contributed by atoms with Gasteiger partial charge in [0.1, 0.15) is 25.3 Å². The highest BCUT2D eigenvalue weighted by atomic mass is 16.5. The summed E-state index contributed by atoms with van der Waals surface area (Å²) >= 11 is 0. The third-order valence-corrected chi connectivity index (χ3v) is 4.57. The average molecular weight is 334 g/mol. The molecule has 2 heterocycles. The maximum atomic E-state index is 5.74. The van der Waals surface area contributed by atoms with Gasteiger partial charge in [-0.1, -0.05) is 60.7 Å². The molecule has 0 radical (unpaired) electrons. The maximum absolute atomic E-state index is 5.74. The van der Waals surface area contributed by atoms with Crippen LogP contribution in [0.3, 0.4) is 0 Å². The van der Waals surface area contributed by atoms with E-state index in [4.69, 9.17) is 19.5 Å². The SMILES string of the molecule is c1ccc(C2COC(CCCC3=NC(c4ccccc4)CO3)=N2)cc1. The van der Waals surface area contributed by atoms with E-state index in [1.54, 1.807) is 0 Å². The molecule has 2 aliphatic rings. The Bertz CT molecular complexity index is 690. The van der Waals surface area contributed by atoms with Crippen molar-refractivity contribution in [3.63, 3.8) is 0 Å². The molecule has 2 aliphatic heterocycles. The molecule has 0 aromatic heterocycles. The molecule has 2 aromatic rings. The monoisotopic (exact) mass is 334 g/mol. The Morgan fingerprint density at radius 3 is 1.56 bits per heavy atom. The van der Waals surface area contributed by atoms with Crippen LogP contribution in [0.2, 0.25) is 0 Å². The molecule has 4 nitrogen and oxygen atoms in total. The highest BCUT2D eigenvalue weighted by molar-refractivity contribution is 5.80. The van der Waals surface area contributed by atoms with Crippen molar-refractivity contribution in [2.45, 2.75) is 31.3 Å². The van der Waals surface area contributed by atoms with Gasteiger partial charge in [-0.3, -0.25) is 0 Å². The number of nitrogens with zero attached hydrogens (tertiary/aromatic N) is 2. The second-order valence-electron chi connectivity index (χ2n) is 6.37. The molecule has 0 bridgehead atoms. The lowest BCUT2D eigenvalue weighted by Crippen LogP contribution is -2.03. The summed E-state index contributed by atoms with van der Waals surface area (Å²) in [6.07, 6.45) is 2.62. The first-order chi connectivity index (χ1) is 12.4. The van der Waals surface area contributed by atoms with Crippen LogP contribution in [0.4, 0.5) is 0 Å². The summed E-state index contributed by atoms with van der Waals surface area (Å²) in [5, 5.41) is 0. The van der Waals surface area contributed by atoms with E-state index in [0.717, 1.165) is 31.1 Å². The van der Waals surface area contributed by atoms with Gasteiger partial charge in [0.25, 0.3) is 0 Å². The molecule has 0 saturated carbocycles. The Kier molecular flexibility index (Phi) is 4.77. The third kappa shape index (κ3) is 3.90. The molecule has 4 rings (SSSR count). The molecule has 0 spiro atoms. The fraction of sp³-hybridized carbons (Fsp3) is 0.333. The summed E-state index contributed by atoms with van der Waals surface area (Å²) in [5.41, 5.74) is 2.43. The van der Waals surface area contributed by atoms with Gasteiger partial charge in [-0.2, -0.15) is 0 Å². The molecular weight excluding hydrogens is 312 g/mol. The molecule has 0 fully saturated rings. The average Bonchev–Trinajstić information content (AvgIpc) is 3.33. The van der Waals surface area contributed by atoms with Gasteiger partial charge in [0.15, 0.2) is 11.8 Å². The predicted octanol–water partition coefficient (Wildman–Crippen LogP) is 4.50. The second kappa shape index (κ2) is 7.51. The van der Waals surface area contributed by atoms with Gasteiger partial charge in [-0.05, 0) is 17.5 Å². The van der Waals surface area contributed by atoms with E-state index >= 15 is 0 Å². The first-order valence-electron chi connectivity index (χ1n) is 8.87. The molecule has 2 atom stereocenters. The van der Waals surface area contributed by atoms with Crippen molar-refractivity contribution in [3.05, 3.63) is 71.8 Å². The van der Waals surface area contributed by atoms with Crippen LogP contribution in [-0.4, -0.2) is 25.0 Å². The smallest absolute Gasteiger partial charge is 0.184 e. The van der Waals surface area contributed by atoms with Crippen molar-refractivity contribution in [1.82, 2.24) is 0 Å². The summed E-state index contributed by atoms with van der Waals surface area (Å²) in [7, 11) is 0. The molecule has 2 aromatic carbocycles. The van der Waals surface area contributed by atoms with Crippen molar-refractivity contribution in [2.75, 3.05) is 13.2 Å². The van der Waals surface area contributed by atoms with Gasteiger partial charge >= 0.3 is 0 Å². The van der Waals surface area contributed by atoms with Crippen LogP contribution in [0.25, 0.3) is 0 Å². The second-order valence-corrected chi connectivity index (χ2v) is 6.37. The van der Waals surface area contributed by atoms with Crippen molar-refractivity contribution in [2.24, 2.45) is 9.98 Å². The summed E-state index contributed by atoms with van der Waals surface area (Å²) in [5.74, 6) is 1.71. The standard InChI is InChI=1S/C21H22N2O2/c1-3-8-16(9-4-1)18-14-24-20(22-18)12-7-13-21-23-19(15-25-21)17-10-5-2-6-11-17/h1-6,8-11,18-19H,7,12-15H2. The van der Waals surface area contributed by atoms with Crippen LogP contribution in [-0.2, 0) is 9.47 Å². The van der Waals surface area contributed by atoms with E-state index in [9.17, 15) is 0 Å².